The number of terminal acetylenes is 1. The van der Waals surface area contributed by atoms with E-state index in [1.165, 1.54) is 10.6 Å². The van der Waals surface area contributed by atoms with Crippen LogP contribution in [0.4, 0.5) is 0 Å². The second kappa shape index (κ2) is 8.76. The lowest BCUT2D eigenvalue weighted by Gasteiger charge is -2.29. The Balaban J connectivity index is 1.84. The predicted molar refractivity (Wildman–Crippen MR) is 143 cm³/mol. The Bertz CT molecular complexity index is 1680. The lowest BCUT2D eigenvalue weighted by atomic mass is 9.86. The number of hydrogen-bond donors (Lipinski definition) is 1. The summed E-state index contributed by atoms with van der Waals surface area (Å²) < 4.78 is 4.33. The van der Waals surface area contributed by atoms with Gasteiger partial charge in [0, 0.05) is 29.3 Å². The maximum absolute atomic E-state index is 12.8. The highest BCUT2D eigenvalue weighted by atomic mass is 127. The second-order valence-electron chi connectivity index (χ2n) is 8.18. The van der Waals surface area contributed by atoms with Crippen LogP contribution in [0.1, 0.15) is 22.6 Å². The highest BCUT2D eigenvalue weighted by Crippen LogP contribution is 2.37. The second-order valence-corrected chi connectivity index (χ2v) is 9.42. The highest BCUT2D eigenvalue weighted by molar-refractivity contribution is 14.1. The largest absolute Gasteiger partial charge is 0.373 e. The van der Waals surface area contributed by atoms with Crippen LogP contribution >= 0.6 is 22.6 Å². The van der Waals surface area contributed by atoms with Crippen LogP contribution in [-0.2, 0) is 19.7 Å². The maximum atomic E-state index is 12.8. The Morgan fingerprint density at radius 3 is 2.51 bits per heavy atom. The molecule has 7 nitrogen and oxygen atoms in total. The van der Waals surface area contributed by atoms with E-state index in [0.29, 0.717) is 44.9 Å². The molecule has 5 rings (SSSR count). The summed E-state index contributed by atoms with van der Waals surface area (Å²) in [5.74, 6) is 2.53. The van der Waals surface area contributed by atoms with Crippen LogP contribution in [0, 0.1) is 15.9 Å². The molecular formula is C27H20IN5O2. The van der Waals surface area contributed by atoms with Gasteiger partial charge in [-0.3, -0.25) is 4.79 Å². The topological polar surface area (TPSA) is 85.8 Å². The lowest BCUT2D eigenvalue weighted by molar-refractivity contribution is 0.113. The van der Waals surface area contributed by atoms with Gasteiger partial charge >= 0.3 is 0 Å². The van der Waals surface area contributed by atoms with E-state index >= 15 is 0 Å². The average Bonchev–Trinajstić information content (AvgIpc) is 3.32. The first-order chi connectivity index (χ1) is 16.8. The molecule has 0 spiro atoms. The van der Waals surface area contributed by atoms with Crippen molar-refractivity contribution in [3.05, 3.63) is 110 Å². The summed E-state index contributed by atoms with van der Waals surface area (Å²) in [5, 5.41) is 12.3. The zero-order chi connectivity index (χ0) is 24.7. The number of hydrogen-bond acceptors (Lipinski definition) is 5. The summed E-state index contributed by atoms with van der Waals surface area (Å²) in [5.41, 5.74) is 2.47. The van der Waals surface area contributed by atoms with Crippen molar-refractivity contribution >= 4 is 33.6 Å². The first kappa shape index (κ1) is 23.0. The Labute approximate surface area is 215 Å². The van der Waals surface area contributed by atoms with E-state index in [0.717, 1.165) is 3.57 Å². The van der Waals surface area contributed by atoms with Crippen LogP contribution in [0.2, 0.25) is 0 Å². The van der Waals surface area contributed by atoms with Crippen LogP contribution in [0.25, 0.3) is 22.3 Å². The predicted octanol–water partition coefficient (Wildman–Crippen LogP) is 3.60. The Hall–Kier alpha value is -3.81. The molecule has 172 valence electrons. The number of aliphatic hydroxyl groups is 1. The fraction of sp³-hybridized carbons (Fsp3) is 0.111. The molecule has 1 atom stereocenters. The van der Waals surface area contributed by atoms with Crippen molar-refractivity contribution in [2.24, 2.45) is 14.1 Å². The molecule has 1 aromatic carbocycles. The minimum Gasteiger partial charge on any atom is -0.373 e. The van der Waals surface area contributed by atoms with Crippen molar-refractivity contribution in [1.29, 1.82) is 0 Å². The van der Waals surface area contributed by atoms with Crippen molar-refractivity contribution < 1.29 is 5.11 Å². The third kappa shape index (κ3) is 3.83. The molecule has 0 amide bonds. The molecule has 1 N–H and O–H groups in total. The maximum Gasteiger partial charge on any atom is 0.251 e. The van der Waals surface area contributed by atoms with Gasteiger partial charge in [-0.05, 0) is 64.6 Å². The monoisotopic (exact) mass is 573 g/mol. The van der Waals surface area contributed by atoms with Crippen LogP contribution < -0.4 is 5.56 Å². The lowest BCUT2D eigenvalue weighted by Crippen LogP contribution is -2.32. The van der Waals surface area contributed by atoms with Gasteiger partial charge in [0.15, 0.2) is 5.60 Å². The molecule has 0 fully saturated rings. The van der Waals surface area contributed by atoms with E-state index in [9.17, 15) is 9.90 Å². The zero-order valence-corrected chi connectivity index (χ0v) is 21.1. The van der Waals surface area contributed by atoms with Gasteiger partial charge in [-0.15, -0.1) is 6.42 Å². The molecule has 0 unspecified atom stereocenters. The van der Waals surface area contributed by atoms with Crippen molar-refractivity contribution in [1.82, 2.24) is 24.1 Å². The number of rotatable bonds is 4. The fourth-order valence-corrected chi connectivity index (χ4v) is 4.57. The van der Waals surface area contributed by atoms with Gasteiger partial charge in [0.05, 0.1) is 40.6 Å². The normalized spacial score (nSPS) is 12.9. The molecule has 4 aromatic heterocycles. The molecule has 35 heavy (non-hydrogen) atoms. The molecule has 5 aromatic rings. The molecule has 8 heteroatoms. The molecular weight excluding hydrogens is 553 g/mol. The van der Waals surface area contributed by atoms with Crippen molar-refractivity contribution in [2.75, 3.05) is 0 Å². The number of aromatic nitrogens is 5. The molecule has 4 heterocycles. The summed E-state index contributed by atoms with van der Waals surface area (Å²) in [4.78, 5) is 26.4. The summed E-state index contributed by atoms with van der Waals surface area (Å²) in [6.07, 6.45) is 8.82. The molecule has 0 radical (unpaired) electrons. The van der Waals surface area contributed by atoms with Crippen molar-refractivity contribution in [3.8, 4) is 23.6 Å². The van der Waals surface area contributed by atoms with Crippen LogP contribution in [0.3, 0.4) is 0 Å². The van der Waals surface area contributed by atoms with Crippen molar-refractivity contribution in [3.63, 3.8) is 0 Å². The molecule has 0 aliphatic rings. The van der Waals surface area contributed by atoms with Gasteiger partial charge in [0.2, 0.25) is 0 Å². The highest BCUT2D eigenvalue weighted by Gasteiger charge is 2.38. The van der Waals surface area contributed by atoms with Gasteiger partial charge in [-0.2, -0.15) is 0 Å². The number of pyridine rings is 3. The minimum absolute atomic E-state index is 0.200. The van der Waals surface area contributed by atoms with Gasteiger partial charge in [0.1, 0.15) is 5.69 Å². The first-order valence-corrected chi connectivity index (χ1v) is 11.8. The molecule has 0 bridgehead atoms. The smallest absolute Gasteiger partial charge is 0.251 e. The third-order valence-corrected chi connectivity index (χ3v) is 6.80. The third-order valence-electron chi connectivity index (χ3n) is 6.08. The van der Waals surface area contributed by atoms with Gasteiger partial charge < -0.3 is 14.2 Å². The number of fused-ring (bicyclic) bond motifs is 1. The molecule has 0 aliphatic heterocycles. The average molecular weight is 573 g/mol. The van der Waals surface area contributed by atoms with E-state index in [4.69, 9.17) is 11.4 Å². The van der Waals surface area contributed by atoms with Crippen LogP contribution in [-0.4, -0.2) is 29.2 Å². The summed E-state index contributed by atoms with van der Waals surface area (Å²) >= 11 is 2.23. The molecule has 0 aliphatic carbocycles. The quantitative estimate of drug-likeness (QED) is 0.263. The van der Waals surface area contributed by atoms with E-state index in [1.807, 2.05) is 31.3 Å². The van der Waals surface area contributed by atoms with Crippen LogP contribution in [0.5, 0.6) is 0 Å². The summed E-state index contributed by atoms with van der Waals surface area (Å²) in [6.45, 7) is 0. The van der Waals surface area contributed by atoms with Gasteiger partial charge in [0.25, 0.3) is 5.56 Å². The number of imidazole rings is 1. The van der Waals surface area contributed by atoms with E-state index < -0.39 is 5.60 Å². The Kier molecular flexibility index (Phi) is 5.75. The van der Waals surface area contributed by atoms with E-state index in [-0.39, 0.29) is 5.56 Å². The van der Waals surface area contributed by atoms with Gasteiger partial charge in [-0.1, -0.05) is 24.1 Å². The number of nitrogens with zero attached hydrogens (tertiary/aromatic N) is 5. The van der Waals surface area contributed by atoms with E-state index in [1.54, 1.807) is 54.5 Å². The Morgan fingerprint density at radius 1 is 1.06 bits per heavy atom. The number of aryl methyl sites for hydroxylation is 2. The number of benzene rings is 1. The zero-order valence-electron chi connectivity index (χ0n) is 19.0. The first-order valence-electron chi connectivity index (χ1n) is 10.7. The molecule has 0 saturated carbocycles. The minimum atomic E-state index is -1.59. The summed E-state index contributed by atoms with van der Waals surface area (Å²) in [6, 6.07) is 18.0. The Morgan fingerprint density at radius 2 is 1.83 bits per heavy atom. The standard InChI is InChI=1S/C27H20IN5O2/c1-4-19-6-5-7-21(30-19)20-14-25(34)33(3)22-12-13-23(31-26(20)22)27(35,24-15-29-16-32(24)2)17-8-10-18(28)11-9-17/h1,5-16,35H,2-3H3/t27-/m1/s1. The van der Waals surface area contributed by atoms with Gasteiger partial charge in [-0.25, -0.2) is 15.0 Å². The summed E-state index contributed by atoms with van der Waals surface area (Å²) in [7, 11) is 3.51. The van der Waals surface area contributed by atoms with E-state index in [2.05, 4.69) is 38.5 Å². The number of halogens is 1. The molecule has 0 saturated heterocycles. The van der Waals surface area contributed by atoms with Crippen LogP contribution in [0.15, 0.2) is 78.0 Å². The fourth-order valence-electron chi connectivity index (χ4n) is 4.21. The van der Waals surface area contributed by atoms with Crippen molar-refractivity contribution in [2.45, 2.75) is 5.60 Å². The SMILES string of the molecule is C#Cc1cccc(-c2cc(=O)n(C)c3ccc([C@](O)(c4ccc(I)cc4)c4cncn4C)nc23)n1.